The van der Waals surface area contributed by atoms with Crippen LogP contribution in [0.5, 0.6) is 46.0 Å². The number of nitrogens with zero attached hydrogens (tertiary/aromatic N) is 2. The van der Waals surface area contributed by atoms with Gasteiger partial charge in [0.2, 0.25) is 0 Å². The Morgan fingerprint density at radius 3 is 0.885 bits per heavy atom. The van der Waals surface area contributed by atoms with Gasteiger partial charge in [0, 0.05) is 62.8 Å². The highest BCUT2D eigenvalue weighted by atomic mass is 16.5. The Hall–Kier alpha value is -8.09. The molecule has 0 saturated heterocycles. The third-order valence-corrected chi connectivity index (χ3v) is 17.4. The monoisotopic (exact) mass is 1020 g/mol. The highest BCUT2D eigenvalue weighted by Crippen LogP contribution is 2.45. The Morgan fingerprint density at radius 2 is 0.577 bits per heavy atom. The van der Waals surface area contributed by atoms with E-state index in [4.69, 9.17) is 18.9 Å². The van der Waals surface area contributed by atoms with E-state index in [0.717, 1.165) is 112 Å². The van der Waals surface area contributed by atoms with Gasteiger partial charge >= 0.3 is 0 Å². The first-order valence-electron chi connectivity index (χ1n) is 27.8. The summed E-state index contributed by atoms with van der Waals surface area (Å²) in [6, 6.07) is 58.3. The smallest absolute Gasteiger partial charge is 0.260 e. The number of aromatic nitrogens is 2. The second-order valence-electron chi connectivity index (χ2n) is 26.6. The summed E-state index contributed by atoms with van der Waals surface area (Å²) in [5.41, 5.74) is 18.1. The molecule has 2 aromatic heterocycles. The predicted octanol–water partition coefficient (Wildman–Crippen LogP) is 14.5. The molecule has 6 nitrogen and oxygen atoms in total. The molecule has 8 heteroatoms. The van der Waals surface area contributed by atoms with E-state index in [1.807, 2.05) is 0 Å². The molecule has 0 atom stereocenters. The molecule has 0 bridgehead atoms. The van der Waals surface area contributed by atoms with E-state index < -0.39 is 0 Å². The molecule has 15 rings (SSSR count). The van der Waals surface area contributed by atoms with Gasteiger partial charge in [-0.15, -0.1) is 0 Å². The predicted molar refractivity (Wildman–Crippen MR) is 325 cm³/mol. The lowest BCUT2D eigenvalue weighted by atomic mass is 9.31. The molecule has 0 amide bonds. The molecular weight excluding hydrogens is 954 g/mol. The average molecular weight is 1020 g/mol. The van der Waals surface area contributed by atoms with Crippen LogP contribution in [-0.4, -0.2) is 22.6 Å². The minimum atomic E-state index is -0.156. The first kappa shape index (κ1) is 47.1. The lowest BCUT2D eigenvalue weighted by Gasteiger charge is -2.37. The van der Waals surface area contributed by atoms with Crippen molar-refractivity contribution in [2.24, 2.45) is 0 Å². The zero-order valence-corrected chi connectivity index (χ0v) is 46.7. The van der Waals surface area contributed by atoms with E-state index >= 15 is 0 Å². The Kier molecular flexibility index (Phi) is 9.54. The zero-order valence-electron chi connectivity index (χ0n) is 46.7. The molecule has 0 unspecified atom stereocenters. The van der Waals surface area contributed by atoms with Gasteiger partial charge in [0.15, 0.2) is 0 Å². The molecule has 0 N–H and O–H groups in total. The highest BCUT2D eigenvalue weighted by molar-refractivity contribution is 7.01. The lowest BCUT2D eigenvalue weighted by Crippen LogP contribution is -2.61. The number of hydrogen-bond donors (Lipinski definition) is 0. The number of para-hydroxylation sites is 2. The topological polar surface area (TPSA) is 46.8 Å². The third-order valence-electron chi connectivity index (χ3n) is 17.4. The van der Waals surface area contributed by atoms with Crippen molar-refractivity contribution in [1.29, 1.82) is 0 Å². The Balaban J connectivity index is 0.919. The van der Waals surface area contributed by atoms with E-state index in [1.165, 1.54) is 43.8 Å². The van der Waals surface area contributed by atoms with Crippen molar-refractivity contribution < 1.29 is 18.9 Å². The number of ether oxygens (including phenoxy) is 4. The third kappa shape index (κ3) is 6.90. The van der Waals surface area contributed by atoms with Crippen molar-refractivity contribution >= 4 is 89.8 Å². The molecule has 0 aliphatic carbocycles. The van der Waals surface area contributed by atoms with E-state index in [2.05, 4.69) is 250 Å². The molecule has 0 radical (unpaired) electrons. The first-order chi connectivity index (χ1) is 37.2. The number of fused-ring (bicyclic) bond motifs is 14. The summed E-state index contributed by atoms with van der Waals surface area (Å²) in [5, 5.41) is 4.94. The maximum Gasteiger partial charge on any atom is 0.260 e. The molecule has 4 aliphatic heterocycles. The van der Waals surface area contributed by atoms with Gasteiger partial charge in [0.05, 0.1) is 33.4 Å². The Bertz CT molecular complexity index is 4030. The van der Waals surface area contributed by atoms with Crippen LogP contribution in [0, 0.1) is 0 Å². The van der Waals surface area contributed by atoms with Crippen molar-refractivity contribution in [3.8, 4) is 57.4 Å². The molecule has 0 spiro atoms. The van der Waals surface area contributed by atoms with E-state index in [-0.39, 0.29) is 35.1 Å². The van der Waals surface area contributed by atoms with E-state index in [1.54, 1.807) is 0 Å². The lowest BCUT2D eigenvalue weighted by molar-refractivity contribution is 0.451. The largest absolute Gasteiger partial charge is 0.458 e. The van der Waals surface area contributed by atoms with Crippen molar-refractivity contribution in [3.05, 3.63) is 180 Å². The molecular formula is C70H62B2N2O4. The summed E-state index contributed by atoms with van der Waals surface area (Å²) < 4.78 is 33.4. The van der Waals surface area contributed by atoms with Gasteiger partial charge in [-0.05, 0) is 126 Å². The summed E-state index contributed by atoms with van der Waals surface area (Å²) in [4.78, 5) is 0. The fourth-order valence-electron chi connectivity index (χ4n) is 13.1. The maximum absolute atomic E-state index is 7.30. The van der Waals surface area contributed by atoms with Crippen LogP contribution in [0.25, 0.3) is 55.0 Å². The van der Waals surface area contributed by atoms with Gasteiger partial charge in [-0.3, -0.25) is 0 Å². The minimum Gasteiger partial charge on any atom is -0.458 e. The van der Waals surface area contributed by atoms with Crippen LogP contribution < -0.4 is 51.7 Å². The fourth-order valence-corrected chi connectivity index (χ4v) is 13.1. The summed E-state index contributed by atoms with van der Waals surface area (Å²) in [6.07, 6.45) is 0. The first-order valence-corrected chi connectivity index (χ1v) is 27.8. The number of rotatable bonds is 2. The van der Waals surface area contributed by atoms with Gasteiger partial charge < -0.3 is 28.1 Å². The molecule has 382 valence electrons. The van der Waals surface area contributed by atoms with Gasteiger partial charge in [0.1, 0.15) is 46.0 Å². The van der Waals surface area contributed by atoms with Gasteiger partial charge in [-0.2, -0.15) is 0 Å². The SMILES string of the molecule is CC(C)(C)c1ccc2c(c1)c1cc(C(C)(C)C)ccc1n2-c1cc2c3c(c1)Oc1cc4c(cc1B3c1ccccc1O2)B1c2ccccc2Oc2cc(-n3c5ccc(C(C)(C)C)cc5c5cc(C(C)(C)C)ccc53)cc(c21)O4. The van der Waals surface area contributed by atoms with Crippen LogP contribution in [0.1, 0.15) is 105 Å². The van der Waals surface area contributed by atoms with Gasteiger partial charge in [0.25, 0.3) is 13.4 Å². The van der Waals surface area contributed by atoms with E-state index in [9.17, 15) is 0 Å². The molecule has 78 heavy (non-hydrogen) atoms. The normalized spacial score (nSPS) is 14.3. The van der Waals surface area contributed by atoms with Crippen LogP contribution in [0.3, 0.4) is 0 Å². The van der Waals surface area contributed by atoms with Crippen molar-refractivity contribution in [2.75, 3.05) is 0 Å². The van der Waals surface area contributed by atoms with Gasteiger partial charge in [-0.25, -0.2) is 0 Å². The second-order valence-corrected chi connectivity index (χ2v) is 26.6. The summed E-state index contributed by atoms with van der Waals surface area (Å²) in [5.74, 6) is 6.36. The van der Waals surface area contributed by atoms with Crippen LogP contribution in [0.4, 0.5) is 0 Å². The standard InChI is InChI=1S/C70H62B2N2O4/c1-67(2,3)39-21-25-53-45(29-39)46-30-40(68(4,5)6)22-26-54(46)73(53)43-33-61-65-63(35-43)77-59-38-60-52(37-51(59)71(65)49-17-13-15-19-57(49)75-61)72-50-18-14-16-20-58(50)76-62-34-44(36-64(78-60)66(62)72)74-55-27-23-41(69(7,8)9)31-47(55)48-32-42(70(10,11)12)24-28-56(48)74/h13-38H,1-12H3. The van der Waals surface area contributed by atoms with Crippen LogP contribution in [-0.2, 0) is 21.7 Å². The quantitative estimate of drug-likeness (QED) is 0.162. The molecule has 0 fully saturated rings. The highest BCUT2D eigenvalue weighted by Gasteiger charge is 2.46. The van der Waals surface area contributed by atoms with Crippen molar-refractivity contribution in [3.63, 3.8) is 0 Å². The van der Waals surface area contributed by atoms with Crippen molar-refractivity contribution in [1.82, 2.24) is 9.13 Å². The van der Waals surface area contributed by atoms with Crippen LogP contribution in [0.2, 0.25) is 0 Å². The van der Waals surface area contributed by atoms with Crippen LogP contribution >= 0.6 is 0 Å². The maximum atomic E-state index is 7.30. The Labute approximate surface area is 457 Å². The average Bonchev–Trinajstić information content (AvgIpc) is 3.96. The zero-order chi connectivity index (χ0) is 53.7. The number of benzene rings is 9. The summed E-state index contributed by atoms with van der Waals surface area (Å²) >= 11 is 0. The molecule has 9 aromatic carbocycles. The van der Waals surface area contributed by atoms with Gasteiger partial charge in [-0.1, -0.05) is 150 Å². The van der Waals surface area contributed by atoms with E-state index in [0.29, 0.717) is 0 Å². The molecule has 6 heterocycles. The second kappa shape index (κ2) is 15.8. The summed E-state index contributed by atoms with van der Waals surface area (Å²) in [6.45, 7) is 27.2. The number of hydrogen-bond acceptors (Lipinski definition) is 4. The minimum absolute atomic E-state index is 0.0126. The fraction of sp³-hybridized carbons (Fsp3) is 0.229. The molecule has 0 saturated carbocycles. The Morgan fingerprint density at radius 1 is 0.282 bits per heavy atom. The van der Waals surface area contributed by atoms with Crippen LogP contribution in [0.15, 0.2) is 158 Å². The molecule has 4 aliphatic rings. The van der Waals surface area contributed by atoms with Crippen molar-refractivity contribution in [2.45, 2.75) is 105 Å². The molecule has 11 aromatic rings. The summed E-state index contributed by atoms with van der Waals surface area (Å²) in [7, 11) is 0.